The largest absolute Gasteiger partial charge is 0.454 e. The summed E-state index contributed by atoms with van der Waals surface area (Å²) < 4.78 is 9.19. The van der Waals surface area contributed by atoms with Gasteiger partial charge in [0.1, 0.15) is 5.58 Å². The maximum Gasteiger partial charge on any atom is 0.159 e. The Bertz CT molecular complexity index is 7870. The molecule has 13 aliphatic carbocycles. The summed E-state index contributed by atoms with van der Waals surface area (Å²) in [7, 11) is 0. The van der Waals surface area contributed by atoms with Gasteiger partial charge < -0.3 is 33.8 Å². The van der Waals surface area contributed by atoms with Crippen LogP contribution in [0.25, 0.3) is 53.2 Å². The van der Waals surface area contributed by atoms with E-state index in [9.17, 15) is 0 Å². The third kappa shape index (κ3) is 16.5. The van der Waals surface area contributed by atoms with Gasteiger partial charge in [-0.05, 0) is 418 Å². The van der Waals surface area contributed by atoms with Crippen molar-refractivity contribution in [2.45, 2.75) is 151 Å². The van der Waals surface area contributed by atoms with Crippen LogP contribution in [0.5, 0.6) is 0 Å². The zero-order valence-corrected chi connectivity index (χ0v) is 86.0. The summed E-state index contributed by atoms with van der Waals surface area (Å²) in [5.74, 6) is 8.47. The van der Waals surface area contributed by atoms with Crippen LogP contribution in [0, 0.1) is 53.3 Å². The van der Waals surface area contributed by atoms with Crippen LogP contribution in [-0.2, 0) is 21.7 Å². The number of hydrogen-bond acceptors (Lipinski definition) is 8. The molecule has 0 radical (unpaired) electrons. The fourth-order valence-corrected chi connectivity index (χ4v) is 32.7. The summed E-state index contributed by atoms with van der Waals surface area (Å²) in [5, 5.41) is 4.88. The molecule has 0 aliphatic heterocycles. The predicted molar refractivity (Wildman–Crippen MR) is 625 cm³/mol. The van der Waals surface area contributed by atoms with Gasteiger partial charge in [-0.25, -0.2) is 0 Å². The molecule has 0 N–H and O–H groups in total. The van der Waals surface area contributed by atoms with E-state index in [1.54, 1.807) is 16.7 Å². The first-order valence-corrected chi connectivity index (χ1v) is 56.0. The predicted octanol–water partition coefficient (Wildman–Crippen LogP) is 39.9. The average Bonchev–Trinajstić information content (AvgIpc) is 1.66. The van der Waals surface area contributed by atoms with Crippen LogP contribution in [0.4, 0.5) is 102 Å². The molecule has 149 heavy (non-hydrogen) atoms. The SMILES string of the molecule is CC1(C)c2ccccc2-c2cccc(N(c3ccccc3)c3cccc(N(c4ccccc4)c4ccc(C56CC7CC(CC(C7)C5)C6)cc4)c3)c21.c1ccc(N(c2ccc(C34CC5CC(CC(C5)C3)C4)cc2)c2cccc(N(c3ccccc3)c3cccc4c3oc3ccccc34)c2)cc1.c1ccc(N(c2ccc(C34CC5CC(CC(C5)C3)C4)cc2)c2cccc(N(c3ccccc3)c3cccc4c3sc3ccccc34)c2)cc1. The second kappa shape index (κ2) is 37.6. The van der Waals surface area contributed by atoms with Crippen molar-refractivity contribution >= 4 is 156 Å². The van der Waals surface area contributed by atoms with Gasteiger partial charge in [-0.15, -0.1) is 11.3 Å². The summed E-state index contributed by atoms with van der Waals surface area (Å²) in [6, 6.07) is 167. The van der Waals surface area contributed by atoms with Gasteiger partial charge in [0, 0.05) is 117 Å². The zero-order chi connectivity index (χ0) is 98.9. The lowest BCUT2D eigenvalue weighted by Crippen LogP contribution is -2.48. The van der Waals surface area contributed by atoms with Crippen LogP contribution in [0.3, 0.4) is 0 Å². The van der Waals surface area contributed by atoms with Crippen LogP contribution in [0.15, 0.2) is 459 Å². The van der Waals surface area contributed by atoms with E-state index < -0.39 is 0 Å². The van der Waals surface area contributed by atoms with Crippen LogP contribution in [-0.4, -0.2) is 0 Å². The number of hydrogen-bond donors (Lipinski definition) is 0. The van der Waals surface area contributed by atoms with Crippen molar-refractivity contribution in [3.63, 3.8) is 0 Å². The number of rotatable bonds is 21. The van der Waals surface area contributed by atoms with E-state index in [-0.39, 0.29) is 5.41 Å². The van der Waals surface area contributed by atoms with Crippen molar-refractivity contribution in [1.82, 2.24) is 0 Å². The van der Waals surface area contributed by atoms with E-state index in [2.05, 4.69) is 492 Å². The standard InChI is InChI=1S/C49H46N2.C46H40N2O.C46H40N2S/c1-48(2)45-21-10-9-19-43(45)44-20-12-22-46(47(44)48)51(39-15-7-4-8-16-39)42-18-11-17-41(30-42)50(38-13-5-3-6-14-38)40-25-23-37(24-26-40)49-31-34-27-35(32-49)29-36(28-34)33-49;2*1-3-11-36(12-4-1)47(38-23-21-35(22-24-38)46-29-32-25-33(30-46)27-34(26-32)31-46)39-15-9-16-40(28-39)48(37-13-5-2-6-14-37)43-19-10-18-42-41-17-7-8-20-44(41)49-45(42)43/h3-26,30,34-36H,27-29,31-33H2,1-2H3;2*1-24,28,32-34H,25-27,29-31H2. The van der Waals surface area contributed by atoms with Crippen molar-refractivity contribution in [3.8, 4) is 11.1 Å². The minimum Gasteiger partial charge on any atom is -0.454 e. The smallest absolute Gasteiger partial charge is 0.159 e. The van der Waals surface area contributed by atoms with Crippen molar-refractivity contribution in [3.05, 3.63) is 483 Å². The Morgan fingerprint density at radius 3 is 0.879 bits per heavy atom. The quantitative estimate of drug-likeness (QED) is 0.0709. The second-order valence-corrected chi connectivity index (χ2v) is 47.2. The highest BCUT2D eigenvalue weighted by atomic mass is 32.1. The van der Waals surface area contributed by atoms with Crippen LogP contribution < -0.4 is 29.4 Å². The summed E-state index contributed by atoms with van der Waals surface area (Å²) in [6.45, 7) is 4.76. The molecule has 0 atom stereocenters. The van der Waals surface area contributed by atoms with Crippen molar-refractivity contribution in [1.29, 1.82) is 0 Å². The first-order chi connectivity index (χ1) is 73.4. The summed E-state index contributed by atoms with van der Waals surface area (Å²) >= 11 is 1.88. The van der Waals surface area contributed by atoms with Gasteiger partial charge in [0.15, 0.2) is 5.58 Å². The fraction of sp³-hybridized carbons (Fsp3) is 0.234. The molecule has 12 saturated carbocycles. The van der Waals surface area contributed by atoms with E-state index in [1.807, 2.05) is 17.4 Å². The third-order valence-electron chi connectivity index (χ3n) is 36.5. The molecule has 13 aliphatic rings. The fourth-order valence-electron chi connectivity index (χ4n) is 31.5. The van der Waals surface area contributed by atoms with Crippen molar-refractivity contribution in [2.75, 3.05) is 29.4 Å². The maximum atomic E-state index is 6.57. The molecule has 2 heterocycles. The Labute approximate surface area is 881 Å². The highest BCUT2D eigenvalue weighted by molar-refractivity contribution is 7.26. The first kappa shape index (κ1) is 91.2. The molecular formula is C141H126N6OS. The van der Waals surface area contributed by atoms with Gasteiger partial charge in [-0.2, -0.15) is 0 Å². The summed E-state index contributed by atoms with van der Waals surface area (Å²) in [5.41, 5.74) is 33.6. The topological polar surface area (TPSA) is 32.6 Å². The van der Waals surface area contributed by atoms with Crippen molar-refractivity contribution in [2.24, 2.45) is 53.3 Å². The van der Waals surface area contributed by atoms with Gasteiger partial charge in [-0.1, -0.05) is 275 Å². The number of anilines is 18. The lowest BCUT2D eigenvalue weighted by molar-refractivity contribution is -0.00530. The third-order valence-corrected chi connectivity index (χ3v) is 37.7. The number of furan rings is 1. The molecule has 8 heteroatoms. The molecule has 20 aromatic rings. The number of nitrogens with zero attached hydrogens (tertiary/aromatic N) is 6. The molecule has 0 unspecified atom stereocenters. The highest BCUT2D eigenvalue weighted by Gasteiger charge is 2.55. The van der Waals surface area contributed by atoms with Crippen LogP contribution in [0.2, 0.25) is 0 Å². The van der Waals surface area contributed by atoms with Crippen molar-refractivity contribution < 1.29 is 4.42 Å². The van der Waals surface area contributed by atoms with E-state index in [1.165, 1.54) is 198 Å². The Hall–Kier alpha value is -15.2. The maximum absolute atomic E-state index is 6.57. The van der Waals surface area contributed by atoms with E-state index >= 15 is 0 Å². The number of benzene rings is 18. The summed E-state index contributed by atoms with van der Waals surface area (Å²) in [4.78, 5) is 14.5. The molecule has 7 nitrogen and oxygen atoms in total. The lowest BCUT2D eigenvalue weighted by atomic mass is 9.48. The molecule has 12 bridgehead atoms. The number of para-hydroxylation sites is 8. The van der Waals surface area contributed by atoms with Gasteiger partial charge in [-0.3, -0.25) is 0 Å². The Morgan fingerprint density at radius 2 is 0.483 bits per heavy atom. The average molecular weight is 1950 g/mol. The number of thiophene rings is 1. The summed E-state index contributed by atoms with van der Waals surface area (Å²) in [6.07, 6.45) is 25.8. The molecule has 732 valence electrons. The van der Waals surface area contributed by atoms with Crippen LogP contribution >= 0.6 is 11.3 Å². The number of fused-ring (bicyclic) bond motifs is 9. The van der Waals surface area contributed by atoms with E-state index in [0.29, 0.717) is 16.2 Å². The minimum atomic E-state index is -0.137. The van der Waals surface area contributed by atoms with Crippen LogP contribution in [0.1, 0.15) is 157 Å². The Kier molecular flexibility index (Phi) is 23.0. The normalized spacial score (nSPS) is 22.8. The zero-order valence-electron chi connectivity index (χ0n) is 85.2. The molecule has 2 aromatic heterocycles. The Morgan fingerprint density at radius 1 is 0.215 bits per heavy atom. The van der Waals surface area contributed by atoms with Gasteiger partial charge in [0.05, 0.1) is 21.8 Å². The molecule has 0 saturated heterocycles. The minimum absolute atomic E-state index is 0.137. The Balaban J connectivity index is 0.000000108. The lowest BCUT2D eigenvalue weighted by Gasteiger charge is -2.57. The molecule has 0 spiro atoms. The first-order valence-electron chi connectivity index (χ1n) is 55.2. The molecule has 12 fully saturated rings. The highest BCUT2D eigenvalue weighted by Crippen LogP contribution is 2.66. The molecule has 33 rings (SSSR count). The van der Waals surface area contributed by atoms with E-state index in [4.69, 9.17) is 4.42 Å². The monoisotopic (exact) mass is 1950 g/mol. The van der Waals surface area contributed by atoms with Gasteiger partial charge in [0.2, 0.25) is 0 Å². The second-order valence-electron chi connectivity index (χ2n) is 46.2. The van der Waals surface area contributed by atoms with E-state index in [0.717, 1.165) is 138 Å². The van der Waals surface area contributed by atoms with Gasteiger partial charge >= 0.3 is 0 Å². The molecular weight excluding hydrogens is 1830 g/mol. The molecule has 0 amide bonds. The molecule has 18 aromatic carbocycles. The van der Waals surface area contributed by atoms with Gasteiger partial charge in [0.25, 0.3) is 0 Å².